The van der Waals surface area contributed by atoms with Crippen molar-refractivity contribution >= 4 is 6.03 Å². The molecule has 6 nitrogen and oxygen atoms in total. The van der Waals surface area contributed by atoms with Crippen molar-refractivity contribution in [1.29, 1.82) is 0 Å². The van der Waals surface area contributed by atoms with Crippen LogP contribution in [0.4, 0.5) is 4.79 Å². The van der Waals surface area contributed by atoms with Gasteiger partial charge in [-0.3, -0.25) is 0 Å². The number of benzene rings is 1. The smallest absolute Gasteiger partial charge is 0.318 e. The number of likely N-dealkylation sites (tertiary alicyclic amines) is 1. The molecule has 1 N–H and O–H groups in total. The van der Waals surface area contributed by atoms with Crippen LogP contribution in [0.15, 0.2) is 47.5 Å². The quantitative estimate of drug-likeness (QED) is 0.880. The number of rotatable bonds is 4. The predicted octanol–water partition coefficient (Wildman–Crippen LogP) is 3.16. The molecule has 23 heavy (non-hydrogen) atoms. The Bertz CT molecular complexity index is 668. The van der Waals surface area contributed by atoms with Crippen molar-refractivity contribution in [1.82, 2.24) is 20.4 Å². The third-order valence-corrected chi connectivity index (χ3v) is 3.92. The Balaban J connectivity index is 1.79. The highest BCUT2D eigenvalue weighted by atomic mass is 16.5. The molecule has 1 aromatic carbocycles. The lowest BCUT2D eigenvalue weighted by molar-refractivity contribution is 0.133. The van der Waals surface area contributed by atoms with Crippen LogP contribution in [-0.2, 0) is 0 Å². The minimum absolute atomic E-state index is 0.117. The van der Waals surface area contributed by atoms with Gasteiger partial charge in [0, 0.05) is 18.7 Å². The summed E-state index contributed by atoms with van der Waals surface area (Å²) in [5, 5.41) is 6.88. The molecule has 0 unspecified atom stereocenters. The highest BCUT2D eigenvalue weighted by Gasteiger charge is 2.32. The van der Waals surface area contributed by atoms with Crippen molar-refractivity contribution in [3.8, 4) is 11.4 Å². The number of nitrogens with one attached hydrogen (secondary N) is 1. The van der Waals surface area contributed by atoms with Crippen molar-refractivity contribution in [2.75, 3.05) is 13.1 Å². The fourth-order valence-corrected chi connectivity index (χ4v) is 2.77. The molecular formula is C17H20N4O2. The Morgan fingerprint density at radius 2 is 2.22 bits per heavy atom. The molecule has 2 amide bonds. The summed E-state index contributed by atoms with van der Waals surface area (Å²) < 4.78 is 5.44. The molecule has 0 saturated carbocycles. The zero-order valence-corrected chi connectivity index (χ0v) is 12.9. The van der Waals surface area contributed by atoms with Crippen LogP contribution in [0.1, 0.15) is 31.2 Å². The number of nitrogens with zero attached hydrogens (tertiary/aromatic N) is 3. The second kappa shape index (κ2) is 7.09. The number of carbonyl (C=O) groups is 1. The van der Waals surface area contributed by atoms with Crippen LogP contribution in [0.25, 0.3) is 11.4 Å². The molecule has 0 aliphatic carbocycles. The monoisotopic (exact) mass is 312 g/mol. The Morgan fingerprint density at radius 3 is 3.00 bits per heavy atom. The van der Waals surface area contributed by atoms with E-state index in [1.54, 1.807) is 11.0 Å². The molecule has 0 spiro atoms. The highest BCUT2D eigenvalue weighted by molar-refractivity contribution is 5.74. The first kappa shape index (κ1) is 15.3. The average Bonchev–Trinajstić information content (AvgIpc) is 3.10. The number of urea groups is 1. The van der Waals surface area contributed by atoms with Crippen LogP contribution in [0.5, 0.6) is 0 Å². The predicted molar refractivity (Wildman–Crippen MR) is 86.6 cm³/mol. The largest absolute Gasteiger partial charge is 0.337 e. The van der Waals surface area contributed by atoms with Gasteiger partial charge in [0.05, 0.1) is 0 Å². The van der Waals surface area contributed by atoms with E-state index in [-0.39, 0.29) is 12.1 Å². The minimum Gasteiger partial charge on any atom is -0.337 e. The topological polar surface area (TPSA) is 71.3 Å². The Hall–Kier alpha value is -2.63. The van der Waals surface area contributed by atoms with E-state index in [9.17, 15) is 4.79 Å². The molecule has 0 radical (unpaired) electrons. The highest BCUT2D eigenvalue weighted by Crippen LogP contribution is 2.31. The van der Waals surface area contributed by atoms with Gasteiger partial charge in [0.2, 0.25) is 11.7 Å². The van der Waals surface area contributed by atoms with Crippen molar-refractivity contribution in [2.24, 2.45) is 0 Å². The molecule has 1 atom stereocenters. The van der Waals surface area contributed by atoms with Crippen molar-refractivity contribution in [3.63, 3.8) is 0 Å². The van der Waals surface area contributed by atoms with E-state index in [0.717, 1.165) is 24.8 Å². The van der Waals surface area contributed by atoms with Crippen LogP contribution in [0.3, 0.4) is 0 Å². The molecule has 2 aromatic rings. The first-order valence-electron chi connectivity index (χ1n) is 7.84. The zero-order valence-electron chi connectivity index (χ0n) is 12.9. The number of aromatic nitrogens is 2. The summed E-state index contributed by atoms with van der Waals surface area (Å²) in [6, 6.07) is 9.39. The van der Waals surface area contributed by atoms with E-state index in [4.69, 9.17) is 4.52 Å². The van der Waals surface area contributed by atoms with E-state index in [2.05, 4.69) is 22.0 Å². The lowest BCUT2D eigenvalue weighted by atomic mass is 10.0. The fraction of sp³-hybridized carbons (Fsp3) is 0.353. The second-order valence-electron chi connectivity index (χ2n) is 5.50. The van der Waals surface area contributed by atoms with Gasteiger partial charge in [-0.1, -0.05) is 41.6 Å². The first-order valence-corrected chi connectivity index (χ1v) is 7.84. The maximum Gasteiger partial charge on any atom is 0.318 e. The van der Waals surface area contributed by atoms with Crippen molar-refractivity contribution in [2.45, 2.75) is 25.3 Å². The summed E-state index contributed by atoms with van der Waals surface area (Å²) in [5.41, 5.74) is 0.904. The number of amides is 2. The number of piperidine rings is 1. The zero-order chi connectivity index (χ0) is 16.1. The van der Waals surface area contributed by atoms with Crippen molar-refractivity contribution in [3.05, 3.63) is 48.9 Å². The number of carbonyl (C=O) groups excluding carboxylic acids is 1. The third-order valence-electron chi connectivity index (χ3n) is 3.92. The second-order valence-corrected chi connectivity index (χ2v) is 5.50. The molecule has 120 valence electrons. The summed E-state index contributed by atoms with van der Waals surface area (Å²) in [4.78, 5) is 18.6. The van der Waals surface area contributed by atoms with Crippen LogP contribution in [0.2, 0.25) is 0 Å². The van der Waals surface area contributed by atoms with Gasteiger partial charge in [0.1, 0.15) is 6.04 Å². The molecule has 3 rings (SSSR count). The minimum atomic E-state index is -0.168. The summed E-state index contributed by atoms with van der Waals surface area (Å²) >= 11 is 0. The van der Waals surface area contributed by atoms with Gasteiger partial charge in [-0.25, -0.2) is 4.79 Å². The molecule has 1 aromatic heterocycles. The summed E-state index contributed by atoms with van der Waals surface area (Å²) in [7, 11) is 0. The number of hydrogen-bond donors (Lipinski definition) is 1. The maximum atomic E-state index is 12.3. The van der Waals surface area contributed by atoms with Crippen LogP contribution in [-0.4, -0.2) is 34.2 Å². The normalized spacial score (nSPS) is 17.7. The van der Waals surface area contributed by atoms with E-state index in [0.29, 0.717) is 24.8 Å². The molecule has 1 fully saturated rings. The standard InChI is InChI=1S/C17H20N4O2/c1-2-11-18-17(22)21-12-7-6-10-14(21)16-19-15(20-23-16)13-8-4-3-5-9-13/h2-5,8-9,14H,1,6-7,10-12H2,(H,18,22)/t14-/m1/s1. The van der Waals surface area contributed by atoms with Gasteiger partial charge < -0.3 is 14.7 Å². The molecule has 0 bridgehead atoms. The van der Waals surface area contributed by atoms with Crippen LogP contribution < -0.4 is 5.32 Å². The molecular weight excluding hydrogens is 292 g/mol. The Kier molecular flexibility index (Phi) is 4.71. The molecule has 1 saturated heterocycles. The fourth-order valence-electron chi connectivity index (χ4n) is 2.77. The van der Waals surface area contributed by atoms with Gasteiger partial charge in [-0.15, -0.1) is 6.58 Å². The van der Waals surface area contributed by atoms with Gasteiger partial charge in [0.15, 0.2) is 0 Å². The summed E-state index contributed by atoms with van der Waals surface area (Å²) in [6.07, 6.45) is 4.52. The van der Waals surface area contributed by atoms with Gasteiger partial charge in [-0.2, -0.15) is 4.98 Å². The summed E-state index contributed by atoms with van der Waals surface area (Å²) in [6.45, 7) is 4.75. The Morgan fingerprint density at radius 1 is 1.39 bits per heavy atom. The summed E-state index contributed by atoms with van der Waals surface area (Å²) in [5.74, 6) is 1.05. The SMILES string of the molecule is C=CCNC(=O)N1CCCC[C@@H]1c1nc(-c2ccccc2)no1. The number of hydrogen-bond acceptors (Lipinski definition) is 4. The average molecular weight is 312 g/mol. The lowest BCUT2D eigenvalue weighted by Crippen LogP contribution is -2.44. The van der Waals surface area contributed by atoms with E-state index >= 15 is 0 Å². The van der Waals surface area contributed by atoms with Gasteiger partial charge >= 0.3 is 6.03 Å². The van der Waals surface area contributed by atoms with E-state index in [1.807, 2.05) is 30.3 Å². The lowest BCUT2D eigenvalue weighted by Gasteiger charge is -2.33. The molecule has 1 aliphatic rings. The van der Waals surface area contributed by atoms with Gasteiger partial charge in [0.25, 0.3) is 0 Å². The Labute approximate surface area is 135 Å². The molecule has 1 aliphatic heterocycles. The molecule has 6 heteroatoms. The van der Waals surface area contributed by atoms with Crippen LogP contribution >= 0.6 is 0 Å². The van der Waals surface area contributed by atoms with E-state index in [1.165, 1.54) is 0 Å². The first-order chi connectivity index (χ1) is 11.3. The van der Waals surface area contributed by atoms with E-state index < -0.39 is 0 Å². The third kappa shape index (κ3) is 3.41. The van der Waals surface area contributed by atoms with Crippen LogP contribution in [0, 0.1) is 0 Å². The molecule has 2 heterocycles. The van der Waals surface area contributed by atoms with Gasteiger partial charge in [-0.05, 0) is 19.3 Å². The van der Waals surface area contributed by atoms with Crippen molar-refractivity contribution < 1.29 is 9.32 Å². The maximum absolute atomic E-state index is 12.3.